The standard InChI is InChI=1S/C19H18ClFN2O3/c1-12-15(10-11-18(25)26-17-5-3-2-4-16(17)24)19(20)23(22-12)14-8-6-13(21)7-9-14/h6-11,17H,2-5H2,1H3/b11-10+. The Hall–Kier alpha value is -2.47. The Morgan fingerprint density at radius 3 is 2.77 bits per heavy atom. The summed E-state index contributed by atoms with van der Waals surface area (Å²) in [7, 11) is 0. The lowest BCUT2D eigenvalue weighted by atomic mass is 9.96. The van der Waals surface area contributed by atoms with E-state index in [1.165, 1.54) is 29.0 Å². The third-order valence-electron chi connectivity index (χ3n) is 4.26. The van der Waals surface area contributed by atoms with Crippen molar-refractivity contribution in [1.29, 1.82) is 0 Å². The van der Waals surface area contributed by atoms with E-state index in [1.807, 2.05) is 0 Å². The van der Waals surface area contributed by atoms with Gasteiger partial charge in [0.2, 0.25) is 0 Å². The molecule has 1 fully saturated rings. The number of Topliss-reactive ketones (excluding diaryl/α,β-unsaturated/α-hetero) is 1. The topological polar surface area (TPSA) is 61.2 Å². The second-order valence-electron chi connectivity index (χ2n) is 6.15. The van der Waals surface area contributed by atoms with Crippen molar-refractivity contribution in [3.63, 3.8) is 0 Å². The van der Waals surface area contributed by atoms with Crippen LogP contribution in [0.25, 0.3) is 11.8 Å². The van der Waals surface area contributed by atoms with Gasteiger partial charge in [-0.25, -0.2) is 13.9 Å². The monoisotopic (exact) mass is 376 g/mol. The number of esters is 1. The van der Waals surface area contributed by atoms with Crippen molar-refractivity contribution in [3.05, 3.63) is 52.6 Å². The fourth-order valence-electron chi connectivity index (χ4n) is 2.86. The minimum absolute atomic E-state index is 0.0312. The second kappa shape index (κ2) is 7.83. The molecule has 0 radical (unpaired) electrons. The Bertz CT molecular complexity index is 858. The number of aromatic nitrogens is 2. The van der Waals surface area contributed by atoms with Crippen LogP contribution in [0.15, 0.2) is 30.3 Å². The van der Waals surface area contributed by atoms with Gasteiger partial charge in [0.15, 0.2) is 11.9 Å². The fourth-order valence-corrected chi connectivity index (χ4v) is 3.20. The maximum absolute atomic E-state index is 13.1. The van der Waals surface area contributed by atoms with Gasteiger partial charge in [-0.15, -0.1) is 0 Å². The summed E-state index contributed by atoms with van der Waals surface area (Å²) < 4.78 is 19.8. The molecule has 1 aliphatic rings. The zero-order chi connectivity index (χ0) is 18.7. The molecule has 3 rings (SSSR count). The molecule has 1 aromatic heterocycles. The predicted octanol–water partition coefficient (Wildman–Crippen LogP) is 4.04. The molecule has 1 atom stereocenters. The van der Waals surface area contributed by atoms with Crippen molar-refractivity contribution in [2.75, 3.05) is 0 Å². The number of carbonyl (C=O) groups is 2. The Balaban J connectivity index is 1.75. The van der Waals surface area contributed by atoms with Crippen LogP contribution in [0.2, 0.25) is 5.15 Å². The van der Waals surface area contributed by atoms with Crippen molar-refractivity contribution >= 4 is 29.4 Å². The highest BCUT2D eigenvalue weighted by molar-refractivity contribution is 6.31. The quantitative estimate of drug-likeness (QED) is 0.596. The van der Waals surface area contributed by atoms with Crippen LogP contribution >= 0.6 is 11.6 Å². The van der Waals surface area contributed by atoms with Crippen molar-refractivity contribution in [2.24, 2.45) is 0 Å². The van der Waals surface area contributed by atoms with Gasteiger partial charge < -0.3 is 4.74 Å². The van der Waals surface area contributed by atoms with Gasteiger partial charge in [-0.05, 0) is 56.5 Å². The third-order valence-corrected chi connectivity index (χ3v) is 4.63. The zero-order valence-electron chi connectivity index (χ0n) is 14.2. The first-order chi connectivity index (χ1) is 12.5. The lowest BCUT2D eigenvalue weighted by Crippen LogP contribution is -2.29. The molecule has 2 aromatic rings. The largest absolute Gasteiger partial charge is 0.451 e. The molecular weight excluding hydrogens is 359 g/mol. The molecule has 26 heavy (non-hydrogen) atoms. The number of carbonyl (C=O) groups excluding carboxylic acids is 2. The number of hydrogen-bond donors (Lipinski definition) is 0. The fraction of sp³-hybridized carbons (Fsp3) is 0.316. The van der Waals surface area contributed by atoms with Crippen molar-refractivity contribution in [3.8, 4) is 5.69 Å². The summed E-state index contributed by atoms with van der Waals surface area (Å²) in [5.74, 6) is -0.972. The molecule has 0 saturated heterocycles. The summed E-state index contributed by atoms with van der Waals surface area (Å²) >= 11 is 6.35. The van der Waals surface area contributed by atoms with Crippen LogP contribution in [-0.4, -0.2) is 27.6 Å². The summed E-state index contributed by atoms with van der Waals surface area (Å²) in [4.78, 5) is 23.7. The highest BCUT2D eigenvalue weighted by atomic mass is 35.5. The van der Waals surface area contributed by atoms with Crippen molar-refractivity contribution in [1.82, 2.24) is 9.78 Å². The molecule has 5 nitrogen and oxygen atoms in total. The van der Waals surface area contributed by atoms with Crippen molar-refractivity contribution < 1.29 is 18.7 Å². The molecule has 0 bridgehead atoms. The molecular formula is C19H18ClFN2O3. The van der Waals surface area contributed by atoms with Gasteiger partial charge in [0.1, 0.15) is 11.0 Å². The first-order valence-electron chi connectivity index (χ1n) is 8.38. The molecule has 0 amide bonds. The molecule has 1 saturated carbocycles. The average Bonchev–Trinajstić information content (AvgIpc) is 2.90. The van der Waals surface area contributed by atoms with E-state index in [2.05, 4.69) is 5.10 Å². The van der Waals surface area contributed by atoms with E-state index in [0.717, 1.165) is 12.8 Å². The summed E-state index contributed by atoms with van der Waals surface area (Å²) in [5, 5.41) is 4.62. The number of rotatable bonds is 4. The predicted molar refractivity (Wildman–Crippen MR) is 95.7 cm³/mol. The lowest BCUT2D eigenvalue weighted by molar-refractivity contribution is -0.152. The van der Waals surface area contributed by atoms with Crippen LogP contribution < -0.4 is 0 Å². The molecule has 7 heteroatoms. The Morgan fingerprint density at radius 1 is 1.35 bits per heavy atom. The van der Waals surface area contributed by atoms with E-state index in [1.54, 1.807) is 19.1 Å². The molecule has 1 aromatic carbocycles. The van der Waals surface area contributed by atoms with E-state index in [4.69, 9.17) is 16.3 Å². The van der Waals surface area contributed by atoms with Gasteiger partial charge in [0.05, 0.1) is 11.4 Å². The van der Waals surface area contributed by atoms with E-state index < -0.39 is 12.1 Å². The SMILES string of the molecule is Cc1nn(-c2ccc(F)cc2)c(Cl)c1/C=C/C(=O)OC1CCCCC1=O. The smallest absolute Gasteiger partial charge is 0.331 e. The summed E-state index contributed by atoms with van der Waals surface area (Å²) in [6, 6.07) is 5.75. The third kappa shape index (κ3) is 4.02. The normalized spacial score (nSPS) is 17.7. The second-order valence-corrected chi connectivity index (χ2v) is 6.51. The summed E-state index contributed by atoms with van der Waals surface area (Å²) in [6.45, 7) is 1.75. The van der Waals surface area contributed by atoms with Gasteiger partial charge in [-0.2, -0.15) is 5.10 Å². The first kappa shape index (κ1) is 18.3. The van der Waals surface area contributed by atoms with Crippen LogP contribution in [0.5, 0.6) is 0 Å². The molecule has 1 unspecified atom stereocenters. The maximum atomic E-state index is 13.1. The van der Waals surface area contributed by atoms with E-state index in [-0.39, 0.29) is 11.6 Å². The Morgan fingerprint density at radius 2 is 2.08 bits per heavy atom. The van der Waals surface area contributed by atoms with Gasteiger partial charge in [0.25, 0.3) is 0 Å². The van der Waals surface area contributed by atoms with Crippen LogP contribution in [0.3, 0.4) is 0 Å². The van der Waals surface area contributed by atoms with E-state index in [0.29, 0.717) is 34.9 Å². The minimum Gasteiger partial charge on any atom is -0.451 e. The molecule has 0 N–H and O–H groups in total. The summed E-state index contributed by atoms with van der Waals surface area (Å²) in [6.07, 6.45) is 4.85. The Labute approximate surface area is 155 Å². The van der Waals surface area contributed by atoms with Crippen molar-refractivity contribution in [2.45, 2.75) is 38.7 Å². The molecule has 1 heterocycles. The van der Waals surface area contributed by atoms with Gasteiger partial charge in [-0.3, -0.25) is 4.79 Å². The van der Waals surface area contributed by atoms with Crippen LogP contribution in [0.4, 0.5) is 4.39 Å². The maximum Gasteiger partial charge on any atom is 0.331 e. The molecule has 136 valence electrons. The number of halogens is 2. The highest BCUT2D eigenvalue weighted by Crippen LogP contribution is 2.25. The molecule has 0 aliphatic heterocycles. The number of aryl methyl sites for hydroxylation is 1. The highest BCUT2D eigenvalue weighted by Gasteiger charge is 2.25. The number of ketones is 1. The number of hydrogen-bond acceptors (Lipinski definition) is 4. The van der Waals surface area contributed by atoms with E-state index in [9.17, 15) is 14.0 Å². The zero-order valence-corrected chi connectivity index (χ0v) is 15.0. The minimum atomic E-state index is -0.653. The lowest BCUT2D eigenvalue weighted by Gasteiger charge is -2.19. The van der Waals surface area contributed by atoms with E-state index >= 15 is 0 Å². The van der Waals surface area contributed by atoms with Crippen LogP contribution in [0.1, 0.15) is 36.9 Å². The van der Waals surface area contributed by atoms with Crippen LogP contribution in [-0.2, 0) is 14.3 Å². The number of nitrogens with zero attached hydrogens (tertiary/aromatic N) is 2. The average molecular weight is 377 g/mol. The number of benzene rings is 1. The first-order valence-corrected chi connectivity index (χ1v) is 8.76. The van der Waals surface area contributed by atoms with Crippen LogP contribution in [0, 0.1) is 12.7 Å². The van der Waals surface area contributed by atoms with Gasteiger partial charge >= 0.3 is 5.97 Å². The number of ether oxygens (including phenoxy) is 1. The molecule has 1 aliphatic carbocycles. The Kier molecular flexibility index (Phi) is 5.52. The van der Waals surface area contributed by atoms with Gasteiger partial charge in [-0.1, -0.05) is 11.6 Å². The molecule has 0 spiro atoms. The summed E-state index contributed by atoms with van der Waals surface area (Å²) in [5.41, 5.74) is 1.77. The van der Waals surface area contributed by atoms with Gasteiger partial charge in [0, 0.05) is 18.1 Å².